The van der Waals surface area contributed by atoms with Gasteiger partial charge in [-0.2, -0.15) is 4.31 Å². The molecule has 1 aromatic heterocycles. The lowest BCUT2D eigenvalue weighted by Crippen LogP contribution is -2.43. The quantitative estimate of drug-likeness (QED) is 0.862. The Morgan fingerprint density at radius 2 is 1.96 bits per heavy atom. The lowest BCUT2D eigenvalue weighted by atomic mass is 9.98. The molecular formula is C19H24N2O3S2. The molecule has 26 heavy (non-hydrogen) atoms. The molecule has 1 fully saturated rings. The van der Waals surface area contributed by atoms with Gasteiger partial charge < -0.3 is 5.32 Å². The molecule has 0 radical (unpaired) electrons. The number of aryl methyl sites for hydroxylation is 3. The molecule has 140 valence electrons. The van der Waals surface area contributed by atoms with Crippen molar-refractivity contribution in [2.24, 2.45) is 5.92 Å². The summed E-state index contributed by atoms with van der Waals surface area (Å²) in [5.41, 5.74) is 2.87. The van der Waals surface area contributed by atoms with E-state index in [9.17, 15) is 13.2 Å². The topological polar surface area (TPSA) is 66.5 Å². The zero-order valence-electron chi connectivity index (χ0n) is 15.3. The Bertz CT molecular complexity index is 919. The van der Waals surface area contributed by atoms with Gasteiger partial charge in [0, 0.05) is 23.7 Å². The third-order valence-corrected chi connectivity index (χ3v) is 8.05. The minimum atomic E-state index is -3.52. The summed E-state index contributed by atoms with van der Waals surface area (Å²) < 4.78 is 27.5. The van der Waals surface area contributed by atoms with Crippen LogP contribution in [0.1, 0.15) is 28.8 Å². The molecule has 7 heteroatoms. The maximum Gasteiger partial charge on any atom is 0.252 e. The summed E-state index contributed by atoms with van der Waals surface area (Å²) in [6.45, 7) is 6.52. The first-order valence-electron chi connectivity index (χ1n) is 8.72. The van der Waals surface area contributed by atoms with Crippen molar-refractivity contribution < 1.29 is 13.2 Å². The van der Waals surface area contributed by atoms with Crippen LogP contribution in [-0.2, 0) is 14.8 Å². The van der Waals surface area contributed by atoms with Crippen molar-refractivity contribution in [1.82, 2.24) is 4.31 Å². The van der Waals surface area contributed by atoms with Gasteiger partial charge in [-0.25, -0.2) is 8.42 Å². The number of anilines is 1. The number of nitrogens with one attached hydrogen (secondary N) is 1. The molecule has 3 rings (SSSR count). The number of benzene rings is 1. The van der Waals surface area contributed by atoms with Gasteiger partial charge in [0.25, 0.3) is 10.0 Å². The summed E-state index contributed by atoms with van der Waals surface area (Å²) in [6, 6.07) is 9.38. The Hall–Kier alpha value is -1.70. The number of rotatable bonds is 4. The molecule has 1 amide bonds. The molecule has 2 heterocycles. The van der Waals surface area contributed by atoms with Crippen LogP contribution >= 0.6 is 11.3 Å². The van der Waals surface area contributed by atoms with Crippen molar-refractivity contribution in [3.63, 3.8) is 0 Å². The summed E-state index contributed by atoms with van der Waals surface area (Å²) in [5.74, 6) is -0.444. The molecule has 2 aromatic rings. The minimum Gasteiger partial charge on any atom is -0.326 e. The third-order valence-electron chi connectivity index (χ3n) is 4.72. The number of piperidine rings is 1. The number of thiophene rings is 1. The molecule has 1 aliphatic heterocycles. The van der Waals surface area contributed by atoms with Crippen LogP contribution in [0.25, 0.3) is 0 Å². The van der Waals surface area contributed by atoms with Gasteiger partial charge in [-0.1, -0.05) is 12.1 Å². The summed E-state index contributed by atoms with van der Waals surface area (Å²) >= 11 is 1.27. The van der Waals surface area contributed by atoms with Crippen LogP contribution in [0.3, 0.4) is 0 Å². The normalized spacial score (nSPS) is 18.7. The average Bonchev–Trinajstić information content (AvgIpc) is 3.05. The van der Waals surface area contributed by atoms with E-state index < -0.39 is 10.0 Å². The first-order valence-corrected chi connectivity index (χ1v) is 11.0. The van der Waals surface area contributed by atoms with E-state index >= 15 is 0 Å². The maximum atomic E-state index is 12.8. The van der Waals surface area contributed by atoms with Gasteiger partial charge >= 0.3 is 0 Å². The molecule has 0 spiro atoms. The number of hydrogen-bond donors (Lipinski definition) is 1. The van der Waals surface area contributed by atoms with E-state index in [-0.39, 0.29) is 18.4 Å². The smallest absolute Gasteiger partial charge is 0.252 e. The lowest BCUT2D eigenvalue weighted by Gasteiger charge is -2.31. The second kappa shape index (κ2) is 7.50. The van der Waals surface area contributed by atoms with Gasteiger partial charge in [0.2, 0.25) is 5.91 Å². The molecule has 5 nitrogen and oxygen atoms in total. The summed E-state index contributed by atoms with van der Waals surface area (Å²) in [7, 11) is -3.52. The van der Waals surface area contributed by atoms with Crippen molar-refractivity contribution in [2.45, 2.75) is 37.8 Å². The minimum absolute atomic E-state index is 0.110. The van der Waals surface area contributed by atoms with E-state index in [0.29, 0.717) is 23.6 Å². The second-order valence-corrected chi connectivity index (χ2v) is 10.3. The zero-order chi connectivity index (χ0) is 18.9. The molecule has 0 unspecified atom stereocenters. The summed E-state index contributed by atoms with van der Waals surface area (Å²) in [5, 5.41) is 2.98. The third kappa shape index (κ3) is 4.00. The summed E-state index contributed by atoms with van der Waals surface area (Å²) in [6.07, 6.45) is 1.39. The Morgan fingerprint density at radius 3 is 2.65 bits per heavy atom. The molecule has 1 saturated heterocycles. The molecule has 1 aliphatic rings. The van der Waals surface area contributed by atoms with Crippen LogP contribution in [0.15, 0.2) is 34.5 Å². The number of nitrogens with zero attached hydrogens (tertiary/aromatic N) is 1. The Morgan fingerprint density at radius 1 is 1.19 bits per heavy atom. The van der Waals surface area contributed by atoms with Gasteiger partial charge in [0.1, 0.15) is 4.21 Å². The predicted octanol–water partition coefficient (Wildman–Crippen LogP) is 3.71. The molecule has 1 N–H and O–H groups in total. The molecule has 0 saturated carbocycles. The predicted molar refractivity (Wildman–Crippen MR) is 105 cm³/mol. The highest BCUT2D eigenvalue weighted by molar-refractivity contribution is 7.91. The number of sulfonamides is 1. The van der Waals surface area contributed by atoms with Crippen LogP contribution in [0, 0.1) is 26.7 Å². The fourth-order valence-corrected chi connectivity index (χ4v) is 6.12. The standard InChI is InChI=1S/C19H24N2O3S2/c1-13-6-7-14(2)17(11-13)20-19(22)16-5-4-10-21(12-16)26(23,24)18-9-8-15(3)25-18/h6-9,11,16H,4-5,10,12H2,1-3H3,(H,20,22)/t16-/m0/s1. The van der Waals surface area contributed by atoms with Crippen LogP contribution in [0.4, 0.5) is 5.69 Å². The van der Waals surface area contributed by atoms with E-state index in [4.69, 9.17) is 0 Å². The number of amides is 1. The first kappa shape index (κ1) is 19.1. The van der Waals surface area contributed by atoms with E-state index in [1.54, 1.807) is 6.07 Å². The number of hydrogen-bond acceptors (Lipinski definition) is 4. The van der Waals surface area contributed by atoms with Crippen molar-refractivity contribution in [1.29, 1.82) is 0 Å². The van der Waals surface area contributed by atoms with Crippen LogP contribution < -0.4 is 5.32 Å². The van der Waals surface area contributed by atoms with Crippen molar-refractivity contribution >= 4 is 33.0 Å². The molecule has 1 aromatic carbocycles. The van der Waals surface area contributed by atoms with Crippen LogP contribution in [-0.4, -0.2) is 31.7 Å². The molecule has 0 bridgehead atoms. The van der Waals surface area contributed by atoms with Crippen molar-refractivity contribution in [3.8, 4) is 0 Å². The Kier molecular flexibility index (Phi) is 5.50. The first-order chi connectivity index (χ1) is 12.3. The van der Waals surface area contributed by atoms with E-state index in [1.165, 1.54) is 15.6 Å². The molecule has 0 aliphatic carbocycles. The summed E-state index contributed by atoms with van der Waals surface area (Å²) in [4.78, 5) is 13.7. The van der Waals surface area contributed by atoms with Gasteiger partial charge in [-0.3, -0.25) is 4.79 Å². The van der Waals surface area contributed by atoms with Gasteiger partial charge in [0.05, 0.1) is 5.92 Å². The van der Waals surface area contributed by atoms with Crippen LogP contribution in [0.2, 0.25) is 0 Å². The fourth-order valence-electron chi connectivity index (χ4n) is 3.16. The van der Waals surface area contributed by atoms with E-state index in [0.717, 1.165) is 21.7 Å². The van der Waals surface area contributed by atoms with Gasteiger partial charge in [-0.05, 0) is 62.9 Å². The van der Waals surface area contributed by atoms with Gasteiger partial charge in [0.15, 0.2) is 0 Å². The Labute approximate surface area is 159 Å². The lowest BCUT2D eigenvalue weighted by molar-refractivity contribution is -0.120. The maximum absolute atomic E-state index is 12.8. The van der Waals surface area contributed by atoms with E-state index in [2.05, 4.69) is 5.32 Å². The number of carbonyl (C=O) groups excluding carboxylic acids is 1. The average molecular weight is 393 g/mol. The highest BCUT2D eigenvalue weighted by Crippen LogP contribution is 2.29. The fraction of sp³-hybridized carbons (Fsp3) is 0.421. The highest BCUT2D eigenvalue weighted by atomic mass is 32.2. The molecule has 1 atom stereocenters. The van der Waals surface area contributed by atoms with E-state index in [1.807, 2.05) is 45.0 Å². The second-order valence-electron chi connectivity index (χ2n) is 6.87. The van der Waals surface area contributed by atoms with Gasteiger partial charge in [-0.15, -0.1) is 11.3 Å². The van der Waals surface area contributed by atoms with Crippen LogP contribution in [0.5, 0.6) is 0 Å². The largest absolute Gasteiger partial charge is 0.326 e. The number of carbonyl (C=O) groups is 1. The van der Waals surface area contributed by atoms with Crippen molar-refractivity contribution in [3.05, 3.63) is 46.3 Å². The monoisotopic (exact) mass is 392 g/mol. The molecular weight excluding hydrogens is 368 g/mol. The zero-order valence-corrected chi connectivity index (χ0v) is 16.9. The Balaban J connectivity index is 1.74. The highest BCUT2D eigenvalue weighted by Gasteiger charge is 2.34. The van der Waals surface area contributed by atoms with Crippen molar-refractivity contribution in [2.75, 3.05) is 18.4 Å². The SMILES string of the molecule is Cc1ccc(C)c(NC(=O)[C@H]2CCCN(S(=O)(=O)c3ccc(C)s3)C2)c1.